The third-order valence-electron chi connectivity index (χ3n) is 2.45. The van der Waals surface area contributed by atoms with Gasteiger partial charge in [0, 0.05) is 10.0 Å². The normalized spacial score (nSPS) is 11.4. The zero-order valence-corrected chi connectivity index (χ0v) is 12.3. The molecule has 2 aromatic rings. The van der Waals surface area contributed by atoms with Crippen molar-refractivity contribution in [1.29, 1.82) is 0 Å². The van der Waals surface area contributed by atoms with Crippen LogP contribution in [0.25, 0.3) is 0 Å². The molecule has 0 atom stereocenters. The molecule has 0 amide bonds. The second-order valence-corrected chi connectivity index (χ2v) is 5.07. The summed E-state index contributed by atoms with van der Waals surface area (Å²) in [7, 11) is 0. The van der Waals surface area contributed by atoms with E-state index in [1.807, 2.05) is 0 Å². The van der Waals surface area contributed by atoms with E-state index in [1.54, 1.807) is 18.2 Å². The predicted molar refractivity (Wildman–Crippen MR) is 78.1 cm³/mol. The van der Waals surface area contributed by atoms with Gasteiger partial charge in [0.2, 0.25) is 0 Å². The third-order valence-corrected chi connectivity index (χ3v) is 3.40. The average molecular weight is 360 g/mol. The monoisotopic (exact) mass is 358 g/mol. The van der Waals surface area contributed by atoms with E-state index in [-0.39, 0.29) is 10.9 Å². The maximum absolute atomic E-state index is 12.9. The van der Waals surface area contributed by atoms with Crippen LogP contribution in [-0.2, 0) is 0 Å². The molecule has 0 bridgehead atoms. The van der Waals surface area contributed by atoms with Gasteiger partial charge in [-0.15, -0.1) is 0 Å². The number of nitrogens with zero attached hydrogens (tertiary/aromatic N) is 1. The van der Waals surface area contributed by atoms with Gasteiger partial charge in [0.15, 0.2) is 5.84 Å². The molecule has 0 aromatic heterocycles. The maximum Gasteiger partial charge on any atom is 0.171 e. The van der Waals surface area contributed by atoms with Crippen LogP contribution >= 0.6 is 27.5 Å². The van der Waals surface area contributed by atoms with Gasteiger partial charge in [-0.25, -0.2) is 4.39 Å². The summed E-state index contributed by atoms with van der Waals surface area (Å²) < 4.78 is 19.1. The molecule has 4 nitrogen and oxygen atoms in total. The number of oxime groups is 1. The topological polar surface area (TPSA) is 67.8 Å². The lowest BCUT2D eigenvalue weighted by Crippen LogP contribution is -2.13. The quantitative estimate of drug-likeness (QED) is 0.375. The molecule has 2 rings (SSSR count). The van der Waals surface area contributed by atoms with Crippen LogP contribution in [0.2, 0.25) is 5.02 Å². The summed E-state index contributed by atoms with van der Waals surface area (Å²) in [5.41, 5.74) is 6.02. The highest BCUT2D eigenvalue weighted by Crippen LogP contribution is 2.32. The second-order valence-electron chi connectivity index (χ2n) is 3.80. The van der Waals surface area contributed by atoms with Crippen LogP contribution in [0.3, 0.4) is 0 Å². The number of rotatable bonds is 3. The average Bonchev–Trinajstić information content (AvgIpc) is 2.41. The summed E-state index contributed by atoms with van der Waals surface area (Å²) in [6.07, 6.45) is 0. The van der Waals surface area contributed by atoms with Gasteiger partial charge in [-0.3, -0.25) is 0 Å². The van der Waals surface area contributed by atoms with Crippen molar-refractivity contribution in [2.24, 2.45) is 10.9 Å². The molecule has 0 aliphatic heterocycles. The number of hydrogen-bond donors (Lipinski definition) is 2. The van der Waals surface area contributed by atoms with Gasteiger partial charge >= 0.3 is 0 Å². The Bertz CT molecular complexity index is 679. The molecule has 7 heteroatoms. The first kappa shape index (κ1) is 14.6. The molecule has 20 heavy (non-hydrogen) atoms. The van der Waals surface area contributed by atoms with Crippen molar-refractivity contribution in [1.82, 2.24) is 0 Å². The summed E-state index contributed by atoms with van der Waals surface area (Å²) >= 11 is 9.16. The Morgan fingerprint density at radius 2 is 2.05 bits per heavy atom. The summed E-state index contributed by atoms with van der Waals surface area (Å²) in [5.74, 6) is 0.338. The lowest BCUT2D eigenvalue weighted by atomic mass is 10.2. The molecule has 0 aliphatic rings. The van der Waals surface area contributed by atoms with Crippen LogP contribution in [0.1, 0.15) is 5.56 Å². The lowest BCUT2D eigenvalue weighted by molar-refractivity contribution is 0.318. The number of halogens is 3. The van der Waals surface area contributed by atoms with Gasteiger partial charge in [0.25, 0.3) is 0 Å². The van der Waals surface area contributed by atoms with Gasteiger partial charge in [-0.1, -0.05) is 16.8 Å². The highest BCUT2D eigenvalue weighted by atomic mass is 79.9. The van der Waals surface area contributed by atoms with Gasteiger partial charge in [0.05, 0.1) is 5.02 Å². The van der Waals surface area contributed by atoms with Crippen molar-refractivity contribution < 1.29 is 14.3 Å². The maximum atomic E-state index is 12.9. The first-order valence-electron chi connectivity index (χ1n) is 5.41. The zero-order valence-electron chi connectivity index (χ0n) is 9.98. The number of nitrogens with two attached hydrogens (primary N) is 1. The molecule has 0 fully saturated rings. The highest BCUT2D eigenvalue weighted by molar-refractivity contribution is 9.10. The molecule has 0 radical (unpaired) electrons. The molecule has 2 aromatic carbocycles. The summed E-state index contributed by atoms with van der Waals surface area (Å²) in [6, 6.07) is 8.72. The Kier molecular flexibility index (Phi) is 4.46. The van der Waals surface area contributed by atoms with Gasteiger partial charge in [-0.05, 0) is 52.3 Å². The predicted octanol–water partition coefficient (Wildman–Crippen LogP) is 4.13. The lowest BCUT2D eigenvalue weighted by Gasteiger charge is -2.09. The van der Waals surface area contributed by atoms with Crippen LogP contribution in [-0.4, -0.2) is 11.0 Å². The molecule has 0 aliphatic carbocycles. The molecule has 0 saturated heterocycles. The van der Waals surface area contributed by atoms with Crippen molar-refractivity contribution in [3.8, 4) is 11.5 Å². The molecular weight excluding hydrogens is 351 g/mol. The number of ether oxygens (including phenoxy) is 1. The third kappa shape index (κ3) is 3.20. The fourth-order valence-corrected chi connectivity index (χ4v) is 2.27. The highest BCUT2D eigenvalue weighted by Gasteiger charge is 2.09. The van der Waals surface area contributed by atoms with Crippen molar-refractivity contribution in [3.63, 3.8) is 0 Å². The Balaban J connectivity index is 2.29. The molecule has 104 valence electrons. The van der Waals surface area contributed by atoms with E-state index in [0.29, 0.717) is 21.5 Å². The van der Waals surface area contributed by atoms with Crippen molar-refractivity contribution in [2.45, 2.75) is 0 Å². The van der Waals surface area contributed by atoms with Crippen LogP contribution in [0.15, 0.2) is 46.0 Å². The number of hydrogen-bond acceptors (Lipinski definition) is 3. The van der Waals surface area contributed by atoms with E-state index in [2.05, 4.69) is 21.1 Å². The van der Waals surface area contributed by atoms with Crippen LogP contribution < -0.4 is 10.5 Å². The van der Waals surface area contributed by atoms with E-state index < -0.39 is 5.82 Å². The molecular formula is C13H9BrClFN2O2. The van der Waals surface area contributed by atoms with Crippen LogP contribution in [0.4, 0.5) is 4.39 Å². The van der Waals surface area contributed by atoms with Gasteiger partial charge in [0.1, 0.15) is 17.3 Å². The first-order valence-corrected chi connectivity index (χ1v) is 6.58. The van der Waals surface area contributed by atoms with E-state index in [0.717, 1.165) is 6.07 Å². The van der Waals surface area contributed by atoms with E-state index in [4.69, 9.17) is 27.3 Å². The second kappa shape index (κ2) is 6.11. The Labute approximate surface area is 127 Å². The number of benzene rings is 2. The van der Waals surface area contributed by atoms with Gasteiger partial charge in [-0.2, -0.15) is 0 Å². The smallest absolute Gasteiger partial charge is 0.171 e. The molecule has 0 heterocycles. The number of amidine groups is 1. The molecule has 0 unspecified atom stereocenters. The Hall–Kier alpha value is -1.79. The zero-order chi connectivity index (χ0) is 14.7. The van der Waals surface area contributed by atoms with E-state index in [9.17, 15) is 4.39 Å². The summed E-state index contributed by atoms with van der Waals surface area (Å²) in [4.78, 5) is 0. The van der Waals surface area contributed by atoms with Crippen molar-refractivity contribution >= 4 is 33.4 Å². The fraction of sp³-hybridized carbons (Fsp3) is 0. The molecule has 3 N–H and O–H groups in total. The van der Waals surface area contributed by atoms with Crippen LogP contribution in [0.5, 0.6) is 11.5 Å². The summed E-state index contributed by atoms with van der Waals surface area (Å²) in [6.45, 7) is 0. The Morgan fingerprint density at radius 3 is 2.65 bits per heavy atom. The largest absolute Gasteiger partial charge is 0.456 e. The van der Waals surface area contributed by atoms with E-state index >= 15 is 0 Å². The minimum atomic E-state index is -0.439. The minimum absolute atomic E-state index is 0.0248. The van der Waals surface area contributed by atoms with Crippen molar-refractivity contribution in [2.75, 3.05) is 0 Å². The molecule has 0 spiro atoms. The first-order chi connectivity index (χ1) is 9.51. The van der Waals surface area contributed by atoms with Crippen molar-refractivity contribution in [3.05, 3.63) is 57.3 Å². The molecule has 0 saturated carbocycles. The van der Waals surface area contributed by atoms with Gasteiger partial charge < -0.3 is 15.7 Å². The summed E-state index contributed by atoms with van der Waals surface area (Å²) in [5, 5.41) is 11.7. The SMILES string of the molecule is N/C(=N/O)c1ccc(Oc2ccc(F)cc2Cl)cc1Br. The minimum Gasteiger partial charge on any atom is -0.456 e. The van der Waals surface area contributed by atoms with E-state index in [1.165, 1.54) is 12.1 Å². The Morgan fingerprint density at radius 1 is 1.30 bits per heavy atom. The van der Waals surface area contributed by atoms with Crippen LogP contribution in [0, 0.1) is 5.82 Å². The fourth-order valence-electron chi connectivity index (χ4n) is 1.51. The standard InChI is InChI=1S/C13H9BrClFN2O2/c14-10-6-8(2-3-9(10)13(17)18-19)20-12-4-1-7(16)5-11(12)15/h1-6,19H,(H2,17,18).